The number of hydrogen-bond acceptors (Lipinski definition) is 3. The first-order valence-electron chi connectivity index (χ1n) is 7.39. The van der Waals surface area contributed by atoms with Crippen molar-refractivity contribution in [2.45, 2.75) is 44.7 Å². The van der Waals surface area contributed by atoms with Gasteiger partial charge < -0.3 is 11.1 Å². The Balaban J connectivity index is 1.89. The fourth-order valence-electron chi connectivity index (χ4n) is 2.93. The van der Waals surface area contributed by atoms with E-state index in [2.05, 4.69) is 10.2 Å². The molecule has 0 spiro atoms. The van der Waals surface area contributed by atoms with E-state index in [0.29, 0.717) is 12.6 Å². The van der Waals surface area contributed by atoms with Crippen molar-refractivity contribution >= 4 is 11.6 Å². The molecular weight excluding hydrogens is 250 g/mol. The number of anilines is 1. The highest BCUT2D eigenvalue weighted by Gasteiger charge is 2.26. The molecule has 0 radical (unpaired) electrons. The Kier molecular flexibility index (Phi) is 5.15. The van der Waals surface area contributed by atoms with Gasteiger partial charge in [-0.2, -0.15) is 0 Å². The van der Waals surface area contributed by atoms with Crippen LogP contribution in [0.15, 0.2) is 24.3 Å². The lowest BCUT2D eigenvalue weighted by Crippen LogP contribution is -2.50. The second-order valence-corrected chi connectivity index (χ2v) is 5.79. The maximum Gasteiger partial charge on any atom is 0.238 e. The zero-order valence-corrected chi connectivity index (χ0v) is 12.4. The Labute approximate surface area is 121 Å². The molecular formula is C16H25N3O. The van der Waals surface area contributed by atoms with Crippen LogP contribution in [0.4, 0.5) is 5.69 Å². The average Bonchev–Trinajstić information content (AvgIpc) is 2.41. The minimum Gasteiger partial charge on any atom is -0.326 e. The van der Waals surface area contributed by atoms with Gasteiger partial charge in [-0.3, -0.25) is 9.69 Å². The van der Waals surface area contributed by atoms with Crippen LogP contribution in [0.25, 0.3) is 0 Å². The fraction of sp³-hybridized carbons (Fsp3) is 0.562. The number of para-hydroxylation sites is 1. The monoisotopic (exact) mass is 275 g/mol. The molecule has 0 heterocycles. The van der Waals surface area contributed by atoms with E-state index in [0.717, 1.165) is 24.1 Å². The summed E-state index contributed by atoms with van der Waals surface area (Å²) in [5.41, 5.74) is 8.13. The second-order valence-electron chi connectivity index (χ2n) is 5.79. The van der Waals surface area contributed by atoms with Crippen LogP contribution in [0.3, 0.4) is 0 Å². The third-order valence-corrected chi connectivity index (χ3v) is 4.16. The molecule has 0 aromatic heterocycles. The summed E-state index contributed by atoms with van der Waals surface area (Å²) in [6.07, 6.45) is 4.58. The van der Waals surface area contributed by atoms with Crippen LogP contribution in [0.1, 0.15) is 31.2 Å². The highest BCUT2D eigenvalue weighted by atomic mass is 16.2. The first-order valence-corrected chi connectivity index (χ1v) is 7.39. The predicted octanol–water partition coefficient (Wildman–Crippen LogP) is 2.14. The molecule has 0 saturated heterocycles. The van der Waals surface area contributed by atoms with Gasteiger partial charge >= 0.3 is 0 Å². The molecule has 1 aliphatic rings. The Morgan fingerprint density at radius 3 is 2.75 bits per heavy atom. The fourth-order valence-corrected chi connectivity index (χ4v) is 2.93. The quantitative estimate of drug-likeness (QED) is 0.885. The van der Waals surface area contributed by atoms with E-state index in [4.69, 9.17) is 5.73 Å². The molecule has 1 aromatic carbocycles. The van der Waals surface area contributed by atoms with Crippen molar-refractivity contribution in [3.63, 3.8) is 0 Å². The summed E-state index contributed by atoms with van der Waals surface area (Å²) in [6, 6.07) is 8.35. The SMILES string of the molecule is Cc1ccccc1NC(=O)CN(C)C1CCCCC1N. The van der Waals surface area contributed by atoms with Crippen molar-refractivity contribution in [2.75, 3.05) is 18.9 Å². The number of carbonyl (C=O) groups excluding carboxylic acids is 1. The summed E-state index contributed by atoms with van der Waals surface area (Å²) in [5.74, 6) is 0.0274. The Bertz CT molecular complexity index is 461. The van der Waals surface area contributed by atoms with Crippen LogP contribution in [0, 0.1) is 6.92 Å². The molecule has 4 heteroatoms. The van der Waals surface area contributed by atoms with Crippen LogP contribution >= 0.6 is 0 Å². The molecule has 0 bridgehead atoms. The second kappa shape index (κ2) is 6.86. The van der Waals surface area contributed by atoms with Gasteiger partial charge in [0.05, 0.1) is 6.54 Å². The molecule has 1 amide bonds. The molecule has 4 nitrogen and oxygen atoms in total. The zero-order valence-electron chi connectivity index (χ0n) is 12.4. The van der Waals surface area contributed by atoms with Gasteiger partial charge in [-0.1, -0.05) is 31.0 Å². The summed E-state index contributed by atoms with van der Waals surface area (Å²) in [6.45, 7) is 2.39. The molecule has 3 N–H and O–H groups in total. The predicted molar refractivity (Wildman–Crippen MR) is 82.7 cm³/mol. The number of aryl methyl sites for hydroxylation is 1. The van der Waals surface area contributed by atoms with E-state index in [-0.39, 0.29) is 11.9 Å². The highest BCUT2D eigenvalue weighted by molar-refractivity contribution is 5.92. The minimum absolute atomic E-state index is 0.0274. The standard InChI is InChI=1S/C16H25N3O/c1-12-7-3-5-9-14(12)18-16(20)11-19(2)15-10-6-4-8-13(15)17/h3,5,7,9,13,15H,4,6,8,10-11,17H2,1-2H3,(H,18,20). The Hall–Kier alpha value is -1.39. The lowest BCUT2D eigenvalue weighted by molar-refractivity contribution is -0.117. The minimum atomic E-state index is 0.0274. The van der Waals surface area contributed by atoms with E-state index >= 15 is 0 Å². The van der Waals surface area contributed by atoms with E-state index in [1.165, 1.54) is 12.8 Å². The van der Waals surface area contributed by atoms with Crippen LogP contribution < -0.4 is 11.1 Å². The molecule has 2 atom stereocenters. The van der Waals surface area contributed by atoms with Gasteiger partial charge in [0.25, 0.3) is 0 Å². The molecule has 20 heavy (non-hydrogen) atoms. The summed E-state index contributed by atoms with van der Waals surface area (Å²) in [7, 11) is 1.99. The number of hydrogen-bond donors (Lipinski definition) is 2. The summed E-state index contributed by atoms with van der Waals surface area (Å²) < 4.78 is 0. The molecule has 1 aliphatic carbocycles. The van der Waals surface area contributed by atoms with Crippen LogP contribution in [0.2, 0.25) is 0 Å². The van der Waals surface area contributed by atoms with Gasteiger partial charge in [-0.15, -0.1) is 0 Å². The van der Waals surface area contributed by atoms with E-state index in [1.54, 1.807) is 0 Å². The zero-order chi connectivity index (χ0) is 14.5. The number of nitrogens with one attached hydrogen (secondary N) is 1. The summed E-state index contributed by atoms with van der Waals surface area (Å²) in [5, 5.41) is 2.97. The number of likely N-dealkylation sites (N-methyl/N-ethyl adjacent to an activating group) is 1. The molecule has 110 valence electrons. The largest absolute Gasteiger partial charge is 0.326 e. The lowest BCUT2D eigenvalue weighted by atomic mass is 9.90. The molecule has 1 fully saturated rings. The van der Waals surface area contributed by atoms with Gasteiger partial charge in [0.2, 0.25) is 5.91 Å². The summed E-state index contributed by atoms with van der Waals surface area (Å²) in [4.78, 5) is 14.2. The van der Waals surface area contributed by atoms with Gasteiger partial charge in [0.1, 0.15) is 0 Å². The number of carbonyl (C=O) groups is 1. The number of nitrogens with zero attached hydrogens (tertiary/aromatic N) is 1. The first-order chi connectivity index (χ1) is 9.58. The Morgan fingerprint density at radius 1 is 1.35 bits per heavy atom. The van der Waals surface area contributed by atoms with Gasteiger partial charge in [0, 0.05) is 17.8 Å². The molecule has 1 saturated carbocycles. The highest BCUT2D eigenvalue weighted by Crippen LogP contribution is 2.21. The molecule has 2 rings (SSSR count). The van der Waals surface area contributed by atoms with Crippen molar-refractivity contribution in [2.24, 2.45) is 5.73 Å². The van der Waals surface area contributed by atoms with Crippen LogP contribution in [-0.2, 0) is 4.79 Å². The number of benzene rings is 1. The number of nitrogens with two attached hydrogens (primary N) is 1. The van der Waals surface area contributed by atoms with Gasteiger partial charge in [-0.05, 0) is 38.4 Å². The third kappa shape index (κ3) is 3.81. The lowest BCUT2D eigenvalue weighted by Gasteiger charge is -2.35. The average molecular weight is 275 g/mol. The van der Waals surface area contributed by atoms with E-state index in [1.807, 2.05) is 38.2 Å². The molecule has 1 aromatic rings. The van der Waals surface area contributed by atoms with E-state index < -0.39 is 0 Å². The molecule has 2 unspecified atom stereocenters. The van der Waals surface area contributed by atoms with Gasteiger partial charge in [-0.25, -0.2) is 0 Å². The van der Waals surface area contributed by atoms with E-state index in [9.17, 15) is 4.79 Å². The van der Waals surface area contributed by atoms with Crippen molar-refractivity contribution < 1.29 is 4.79 Å². The van der Waals surface area contributed by atoms with Crippen LogP contribution in [-0.4, -0.2) is 36.5 Å². The topological polar surface area (TPSA) is 58.4 Å². The third-order valence-electron chi connectivity index (χ3n) is 4.16. The summed E-state index contributed by atoms with van der Waals surface area (Å²) >= 11 is 0. The van der Waals surface area contributed by atoms with Crippen molar-refractivity contribution in [3.8, 4) is 0 Å². The van der Waals surface area contributed by atoms with Crippen molar-refractivity contribution in [1.29, 1.82) is 0 Å². The van der Waals surface area contributed by atoms with Gasteiger partial charge in [0.15, 0.2) is 0 Å². The van der Waals surface area contributed by atoms with Crippen molar-refractivity contribution in [3.05, 3.63) is 29.8 Å². The van der Waals surface area contributed by atoms with Crippen LogP contribution in [0.5, 0.6) is 0 Å². The maximum absolute atomic E-state index is 12.1. The number of rotatable bonds is 4. The Morgan fingerprint density at radius 2 is 2.05 bits per heavy atom. The maximum atomic E-state index is 12.1. The molecule has 0 aliphatic heterocycles. The first kappa shape index (κ1) is 15.0. The normalized spacial score (nSPS) is 22.8. The van der Waals surface area contributed by atoms with Crippen molar-refractivity contribution in [1.82, 2.24) is 4.90 Å². The number of amides is 1. The smallest absolute Gasteiger partial charge is 0.238 e.